The summed E-state index contributed by atoms with van der Waals surface area (Å²) >= 11 is 0. The van der Waals surface area contributed by atoms with Crippen molar-refractivity contribution in [3.8, 4) is 0 Å². The number of aromatic nitrogens is 2. The van der Waals surface area contributed by atoms with Crippen LogP contribution in [-0.2, 0) is 16.6 Å². The van der Waals surface area contributed by atoms with E-state index in [9.17, 15) is 9.59 Å². The molecular formula is C18H22N4O2. The third-order valence-electron chi connectivity index (χ3n) is 4.42. The Labute approximate surface area is 141 Å². The van der Waals surface area contributed by atoms with Crippen molar-refractivity contribution >= 4 is 17.5 Å². The van der Waals surface area contributed by atoms with Crippen LogP contribution in [0.25, 0.3) is 0 Å². The largest absolute Gasteiger partial charge is 0.353 e. The molecule has 3 rings (SSSR count). The monoisotopic (exact) mass is 326 g/mol. The highest BCUT2D eigenvalue weighted by atomic mass is 16.2. The molecule has 1 fully saturated rings. The van der Waals surface area contributed by atoms with Gasteiger partial charge in [-0.15, -0.1) is 0 Å². The van der Waals surface area contributed by atoms with Crippen LogP contribution in [0, 0.1) is 6.92 Å². The Morgan fingerprint density at radius 1 is 1.29 bits per heavy atom. The van der Waals surface area contributed by atoms with Crippen LogP contribution in [0.5, 0.6) is 0 Å². The number of nitrogens with zero attached hydrogens (tertiary/aromatic N) is 3. The Morgan fingerprint density at radius 2 is 2.12 bits per heavy atom. The van der Waals surface area contributed by atoms with E-state index >= 15 is 0 Å². The van der Waals surface area contributed by atoms with Crippen LogP contribution in [0.15, 0.2) is 36.8 Å². The molecule has 1 saturated heterocycles. The minimum Gasteiger partial charge on any atom is -0.353 e. The van der Waals surface area contributed by atoms with E-state index in [1.165, 1.54) is 0 Å². The molecule has 0 saturated carbocycles. The molecule has 2 aromatic heterocycles. The van der Waals surface area contributed by atoms with E-state index in [0.717, 1.165) is 30.5 Å². The maximum atomic E-state index is 12.7. The standard InChI is InChI=1S/C18H22N4O2/c1-13-10-14(12-19-11-13)20-17(23)18(24)22-9-4-3-6-16(22)15-7-5-8-21(15)2/h5,7-8,10-12,16H,3-4,6,9H2,1-2H3,(H,20,23)/t16-/m0/s1. The maximum Gasteiger partial charge on any atom is 0.313 e. The fourth-order valence-electron chi connectivity index (χ4n) is 3.24. The summed E-state index contributed by atoms with van der Waals surface area (Å²) in [6, 6.07) is 5.72. The zero-order chi connectivity index (χ0) is 17.1. The van der Waals surface area contributed by atoms with E-state index in [4.69, 9.17) is 0 Å². The lowest BCUT2D eigenvalue weighted by Gasteiger charge is -2.35. The second kappa shape index (κ2) is 6.86. The Bertz CT molecular complexity index is 753. The molecule has 1 N–H and O–H groups in total. The van der Waals surface area contributed by atoms with E-state index in [1.807, 2.05) is 36.9 Å². The van der Waals surface area contributed by atoms with Gasteiger partial charge in [0.15, 0.2) is 0 Å². The van der Waals surface area contributed by atoms with Gasteiger partial charge in [-0.2, -0.15) is 0 Å². The second-order valence-corrected chi connectivity index (χ2v) is 6.26. The smallest absolute Gasteiger partial charge is 0.313 e. The fourth-order valence-corrected chi connectivity index (χ4v) is 3.24. The van der Waals surface area contributed by atoms with Crippen molar-refractivity contribution in [2.75, 3.05) is 11.9 Å². The zero-order valence-electron chi connectivity index (χ0n) is 14.0. The van der Waals surface area contributed by atoms with Crippen molar-refractivity contribution < 1.29 is 9.59 Å². The van der Waals surface area contributed by atoms with Gasteiger partial charge in [0, 0.05) is 31.7 Å². The van der Waals surface area contributed by atoms with E-state index in [1.54, 1.807) is 23.4 Å². The highest BCUT2D eigenvalue weighted by molar-refractivity contribution is 6.39. The van der Waals surface area contributed by atoms with Crippen LogP contribution in [0.4, 0.5) is 5.69 Å². The van der Waals surface area contributed by atoms with E-state index in [2.05, 4.69) is 10.3 Å². The van der Waals surface area contributed by atoms with Gasteiger partial charge in [0.2, 0.25) is 0 Å². The molecule has 3 heterocycles. The number of hydrogen-bond donors (Lipinski definition) is 1. The van der Waals surface area contributed by atoms with Crippen LogP contribution in [0.2, 0.25) is 0 Å². The molecule has 0 aromatic carbocycles. The Morgan fingerprint density at radius 3 is 2.83 bits per heavy atom. The molecule has 1 aliphatic rings. The van der Waals surface area contributed by atoms with Gasteiger partial charge in [-0.05, 0) is 49.9 Å². The number of hydrogen-bond acceptors (Lipinski definition) is 3. The summed E-state index contributed by atoms with van der Waals surface area (Å²) in [7, 11) is 1.96. The first-order valence-corrected chi connectivity index (χ1v) is 8.21. The molecule has 0 bridgehead atoms. The molecule has 2 aromatic rings. The van der Waals surface area contributed by atoms with Gasteiger partial charge in [-0.3, -0.25) is 14.6 Å². The quantitative estimate of drug-likeness (QED) is 0.862. The Balaban J connectivity index is 1.76. The van der Waals surface area contributed by atoms with Crippen molar-refractivity contribution in [1.29, 1.82) is 0 Å². The predicted molar refractivity (Wildman–Crippen MR) is 91.3 cm³/mol. The number of aryl methyl sites for hydroxylation is 2. The van der Waals surface area contributed by atoms with Crippen molar-refractivity contribution in [3.05, 3.63) is 48.0 Å². The van der Waals surface area contributed by atoms with Crippen molar-refractivity contribution in [2.24, 2.45) is 7.05 Å². The molecule has 0 spiro atoms. The molecule has 0 radical (unpaired) electrons. The molecule has 1 atom stereocenters. The minimum atomic E-state index is -0.608. The molecule has 126 valence electrons. The van der Waals surface area contributed by atoms with Crippen molar-refractivity contribution in [2.45, 2.75) is 32.2 Å². The second-order valence-electron chi connectivity index (χ2n) is 6.26. The first-order chi connectivity index (χ1) is 11.6. The zero-order valence-corrected chi connectivity index (χ0v) is 14.0. The Kier molecular flexibility index (Phi) is 4.64. The van der Waals surface area contributed by atoms with Crippen LogP contribution in [-0.4, -0.2) is 32.8 Å². The first kappa shape index (κ1) is 16.2. The molecule has 24 heavy (non-hydrogen) atoms. The van der Waals surface area contributed by atoms with Gasteiger partial charge < -0.3 is 14.8 Å². The van der Waals surface area contributed by atoms with Gasteiger partial charge >= 0.3 is 11.8 Å². The van der Waals surface area contributed by atoms with E-state index < -0.39 is 11.8 Å². The molecule has 2 amide bonds. The number of likely N-dealkylation sites (tertiary alicyclic amines) is 1. The van der Waals surface area contributed by atoms with Crippen molar-refractivity contribution in [3.63, 3.8) is 0 Å². The molecule has 1 aliphatic heterocycles. The van der Waals surface area contributed by atoms with E-state index in [0.29, 0.717) is 12.2 Å². The summed E-state index contributed by atoms with van der Waals surface area (Å²) in [6.07, 6.45) is 8.07. The van der Waals surface area contributed by atoms with Crippen LogP contribution >= 0.6 is 0 Å². The summed E-state index contributed by atoms with van der Waals surface area (Å²) in [6.45, 7) is 2.49. The van der Waals surface area contributed by atoms with Crippen LogP contribution < -0.4 is 5.32 Å². The lowest BCUT2D eigenvalue weighted by atomic mass is 9.99. The average molecular weight is 326 g/mol. The number of carbonyl (C=O) groups is 2. The predicted octanol–water partition coefficient (Wildman–Crippen LogP) is 2.42. The number of piperidine rings is 1. The lowest BCUT2D eigenvalue weighted by Crippen LogP contribution is -2.44. The fraction of sp³-hybridized carbons (Fsp3) is 0.389. The normalized spacial score (nSPS) is 17.6. The summed E-state index contributed by atoms with van der Waals surface area (Å²) in [5.41, 5.74) is 2.54. The highest BCUT2D eigenvalue weighted by Gasteiger charge is 2.32. The van der Waals surface area contributed by atoms with E-state index in [-0.39, 0.29) is 6.04 Å². The van der Waals surface area contributed by atoms with Gasteiger partial charge in [0.05, 0.1) is 17.9 Å². The van der Waals surface area contributed by atoms with Gasteiger partial charge in [0.1, 0.15) is 0 Å². The summed E-state index contributed by atoms with van der Waals surface area (Å²) in [4.78, 5) is 30.8. The summed E-state index contributed by atoms with van der Waals surface area (Å²) in [5, 5.41) is 2.66. The minimum absolute atomic E-state index is 0.0485. The summed E-state index contributed by atoms with van der Waals surface area (Å²) in [5.74, 6) is -1.09. The lowest BCUT2D eigenvalue weighted by molar-refractivity contribution is -0.146. The SMILES string of the molecule is Cc1cncc(NC(=O)C(=O)N2CCCC[C@H]2c2cccn2C)c1. The van der Waals surface area contributed by atoms with Gasteiger partial charge in [0.25, 0.3) is 0 Å². The average Bonchev–Trinajstić information content (AvgIpc) is 3.00. The number of nitrogens with one attached hydrogen (secondary N) is 1. The number of amides is 2. The van der Waals surface area contributed by atoms with Crippen LogP contribution in [0.1, 0.15) is 36.6 Å². The molecule has 0 aliphatic carbocycles. The molecule has 6 nitrogen and oxygen atoms in total. The molecule has 0 unspecified atom stereocenters. The number of anilines is 1. The summed E-state index contributed by atoms with van der Waals surface area (Å²) < 4.78 is 2.01. The van der Waals surface area contributed by atoms with Crippen molar-refractivity contribution in [1.82, 2.24) is 14.5 Å². The van der Waals surface area contributed by atoms with Gasteiger partial charge in [-0.25, -0.2) is 0 Å². The number of rotatable bonds is 2. The number of carbonyl (C=O) groups excluding carboxylic acids is 2. The van der Waals surface area contributed by atoms with Crippen LogP contribution in [0.3, 0.4) is 0 Å². The third kappa shape index (κ3) is 3.32. The molecular weight excluding hydrogens is 304 g/mol. The topological polar surface area (TPSA) is 67.2 Å². The van der Waals surface area contributed by atoms with Gasteiger partial charge in [-0.1, -0.05) is 0 Å². The molecule has 6 heteroatoms. The number of pyridine rings is 1. The highest BCUT2D eigenvalue weighted by Crippen LogP contribution is 2.31. The third-order valence-corrected chi connectivity index (χ3v) is 4.42. The first-order valence-electron chi connectivity index (χ1n) is 8.21. The maximum absolute atomic E-state index is 12.7. The Hall–Kier alpha value is -2.63.